The van der Waals surface area contributed by atoms with Crippen LogP contribution in [0.3, 0.4) is 0 Å². The predicted molar refractivity (Wildman–Crippen MR) is 165 cm³/mol. The van der Waals surface area contributed by atoms with E-state index in [0.29, 0.717) is 0 Å². The van der Waals surface area contributed by atoms with E-state index in [4.69, 9.17) is 4.99 Å². The number of nitrogens with one attached hydrogen (secondary N) is 1. The average Bonchev–Trinajstić information content (AvgIpc) is 3.01. The molecule has 2 N–H and O–H groups in total. The van der Waals surface area contributed by atoms with Gasteiger partial charge in [-0.15, -0.1) is 0 Å². The molecule has 1 aliphatic carbocycles. The number of allylic oxidation sites excluding steroid dienone is 3. The lowest BCUT2D eigenvalue weighted by Crippen LogP contribution is -2.47. The third kappa shape index (κ3) is 5.27. The molecule has 0 radical (unpaired) electrons. The summed E-state index contributed by atoms with van der Waals surface area (Å²) in [6.45, 7) is 4.93. The van der Waals surface area contributed by atoms with Crippen molar-refractivity contribution in [2.75, 3.05) is 6.61 Å². The van der Waals surface area contributed by atoms with Gasteiger partial charge in [0.05, 0.1) is 18.1 Å². The maximum Gasteiger partial charge on any atom is 0.231 e. The molecule has 5 nitrogen and oxygen atoms in total. The Balaban J connectivity index is 1.30. The summed E-state index contributed by atoms with van der Waals surface area (Å²) in [6, 6.07) is 26.7. The van der Waals surface area contributed by atoms with Crippen LogP contribution in [0.5, 0.6) is 0 Å². The van der Waals surface area contributed by atoms with Gasteiger partial charge >= 0.3 is 0 Å². The minimum absolute atomic E-state index is 0.0175. The number of aliphatic hydroxyl groups is 1. The molecule has 3 aromatic rings. The molecule has 2 aliphatic heterocycles. The Morgan fingerprint density at radius 1 is 0.951 bits per heavy atom. The lowest BCUT2D eigenvalue weighted by Gasteiger charge is -2.38. The number of hydrogen-bond acceptors (Lipinski definition) is 4. The zero-order chi connectivity index (χ0) is 28.4. The van der Waals surface area contributed by atoms with Crippen LogP contribution in [0.1, 0.15) is 79.8 Å². The smallest absolute Gasteiger partial charge is 0.231 e. The minimum atomic E-state index is -0.582. The highest BCUT2D eigenvalue weighted by Crippen LogP contribution is 2.42. The van der Waals surface area contributed by atoms with Crippen LogP contribution in [0.4, 0.5) is 0 Å². The summed E-state index contributed by atoms with van der Waals surface area (Å²) >= 11 is 0. The molecule has 0 bridgehead atoms. The average molecular weight is 546 g/mol. The van der Waals surface area contributed by atoms with Gasteiger partial charge in [0.25, 0.3) is 0 Å². The number of hydrogen-bond donors (Lipinski definition) is 2. The SMILES string of the molecule is CC1=CC(C)=NC2=C(Cc3ccc(C4(C(=O)N[C@@H](CO)c5ccccc5)CCCCC4)cc3)c3ccccc3CN12. The molecular formula is C36H39N3O2. The van der Waals surface area contributed by atoms with Crippen LogP contribution >= 0.6 is 0 Å². The molecule has 3 aliphatic rings. The second kappa shape index (κ2) is 11.5. The molecule has 5 heteroatoms. The first-order valence-electron chi connectivity index (χ1n) is 14.9. The molecule has 0 unspecified atom stereocenters. The van der Waals surface area contributed by atoms with Gasteiger partial charge < -0.3 is 15.3 Å². The van der Waals surface area contributed by atoms with Crippen molar-refractivity contribution in [3.8, 4) is 0 Å². The normalized spacial score (nSPS) is 18.6. The van der Waals surface area contributed by atoms with Crippen molar-refractivity contribution in [3.05, 3.63) is 124 Å². The van der Waals surface area contributed by atoms with E-state index in [0.717, 1.165) is 67.7 Å². The Morgan fingerprint density at radius 2 is 1.66 bits per heavy atom. The van der Waals surface area contributed by atoms with E-state index in [9.17, 15) is 9.90 Å². The van der Waals surface area contributed by atoms with E-state index in [1.165, 1.54) is 28.0 Å². The summed E-state index contributed by atoms with van der Waals surface area (Å²) in [5.74, 6) is 1.06. The van der Waals surface area contributed by atoms with Crippen molar-refractivity contribution in [1.82, 2.24) is 10.2 Å². The zero-order valence-corrected chi connectivity index (χ0v) is 24.1. The zero-order valence-electron chi connectivity index (χ0n) is 24.1. The summed E-state index contributed by atoms with van der Waals surface area (Å²) < 4.78 is 0. The Hall–Kier alpha value is -3.96. The van der Waals surface area contributed by atoms with Gasteiger partial charge in [-0.05, 0) is 60.6 Å². The molecule has 210 valence electrons. The number of carbonyl (C=O) groups excluding carboxylic acids is 1. The number of benzene rings is 3. The quantitative estimate of drug-likeness (QED) is 0.342. The van der Waals surface area contributed by atoms with Gasteiger partial charge in [0.1, 0.15) is 5.82 Å². The minimum Gasteiger partial charge on any atom is -0.394 e. The van der Waals surface area contributed by atoms with E-state index in [1.807, 2.05) is 30.3 Å². The highest BCUT2D eigenvalue weighted by Gasteiger charge is 2.42. The van der Waals surface area contributed by atoms with Gasteiger partial charge in [0, 0.05) is 29.9 Å². The molecule has 0 saturated heterocycles. The number of amides is 1. The summed E-state index contributed by atoms with van der Waals surface area (Å²) in [4.78, 5) is 21.3. The monoisotopic (exact) mass is 545 g/mol. The maximum absolute atomic E-state index is 14.0. The summed E-state index contributed by atoms with van der Waals surface area (Å²) in [6.07, 6.45) is 7.76. The van der Waals surface area contributed by atoms with Crippen LogP contribution in [0.25, 0.3) is 5.57 Å². The highest BCUT2D eigenvalue weighted by atomic mass is 16.3. The fourth-order valence-corrected chi connectivity index (χ4v) is 6.82. The number of carbonyl (C=O) groups is 1. The molecule has 1 atom stereocenters. The predicted octanol–water partition coefficient (Wildman–Crippen LogP) is 6.84. The van der Waals surface area contributed by atoms with Crippen molar-refractivity contribution in [2.24, 2.45) is 4.99 Å². The molecule has 0 spiro atoms. The number of fused-ring (bicyclic) bond motifs is 2. The fourth-order valence-electron chi connectivity index (χ4n) is 6.82. The molecule has 41 heavy (non-hydrogen) atoms. The lowest BCUT2D eigenvalue weighted by molar-refractivity contribution is -0.129. The molecule has 6 rings (SSSR count). The first-order chi connectivity index (χ1) is 20.0. The van der Waals surface area contributed by atoms with Gasteiger partial charge in [-0.2, -0.15) is 0 Å². The molecule has 1 fully saturated rings. The van der Waals surface area contributed by atoms with Crippen LogP contribution in [0.2, 0.25) is 0 Å². The van der Waals surface area contributed by atoms with Gasteiger partial charge in [-0.1, -0.05) is 98.1 Å². The van der Waals surface area contributed by atoms with E-state index < -0.39 is 11.5 Å². The van der Waals surface area contributed by atoms with Gasteiger partial charge in [0.15, 0.2) is 0 Å². The summed E-state index contributed by atoms with van der Waals surface area (Å²) in [7, 11) is 0. The van der Waals surface area contributed by atoms with Gasteiger partial charge in [0.2, 0.25) is 5.91 Å². The van der Waals surface area contributed by atoms with Crippen LogP contribution in [-0.2, 0) is 23.2 Å². The van der Waals surface area contributed by atoms with E-state index in [2.05, 4.69) is 78.7 Å². The molecule has 3 aromatic carbocycles. The first kappa shape index (κ1) is 27.2. The Morgan fingerprint density at radius 3 is 2.39 bits per heavy atom. The molecule has 0 aromatic heterocycles. The van der Waals surface area contributed by atoms with Crippen molar-refractivity contribution in [3.63, 3.8) is 0 Å². The number of nitrogens with zero attached hydrogens (tertiary/aromatic N) is 2. The van der Waals surface area contributed by atoms with E-state index in [1.54, 1.807) is 0 Å². The number of rotatable bonds is 7. The lowest BCUT2D eigenvalue weighted by atomic mass is 9.68. The Bertz CT molecular complexity index is 1510. The van der Waals surface area contributed by atoms with Gasteiger partial charge in [-0.25, -0.2) is 4.99 Å². The molecule has 1 amide bonds. The van der Waals surface area contributed by atoms with Crippen molar-refractivity contribution in [2.45, 2.75) is 70.4 Å². The highest BCUT2D eigenvalue weighted by molar-refractivity contribution is 5.96. The fraction of sp³-hybridized carbons (Fsp3) is 0.333. The molecule has 2 heterocycles. The second-order valence-electron chi connectivity index (χ2n) is 11.7. The largest absolute Gasteiger partial charge is 0.394 e. The van der Waals surface area contributed by atoms with Crippen molar-refractivity contribution >= 4 is 17.2 Å². The summed E-state index contributed by atoms with van der Waals surface area (Å²) in [5.41, 5.74) is 8.69. The van der Waals surface area contributed by atoms with E-state index >= 15 is 0 Å². The van der Waals surface area contributed by atoms with Crippen LogP contribution < -0.4 is 5.32 Å². The number of aliphatic hydroxyl groups excluding tert-OH is 1. The molecular weight excluding hydrogens is 506 g/mol. The van der Waals surface area contributed by atoms with Crippen LogP contribution in [0, 0.1) is 0 Å². The Labute approximate surface area is 243 Å². The second-order valence-corrected chi connectivity index (χ2v) is 11.7. The third-order valence-corrected chi connectivity index (χ3v) is 9.04. The first-order valence-corrected chi connectivity index (χ1v) is 14.9. The number of aliphatic imine (C=N–C) groups is 1. The van der Waals surface area contributed by atoms with Crippen molar-refractivity contribution < 1.29 is 9.90 Å². The standard InChI is InChI=1S/C36H39N3O2/c1-25-21-26(2)39-23-29-13-7-8-14-31(29)32(34(39)37-25)22-27-15-17-30(18-16-27)36(19-9-4-10-20-36)35(41)38-33(24-40)28-11-5-3-6-12-28/h3,5-8,11-18,21,33,40H,4,9-10,19-20,22-24H2,1-2H3,(H,38,41)/t33-/m0/s1. The Kier molecular flexibility index (Phi) is 7.63. The molecule has 1 saturated carbocycles. The van der Waals surface area contributed by atoms with Crippen LogP contribution in [-0.4, -0.2) is 28.2 Å². The van der Waals surface area contributed by atoms with Crippen molar-refractivity contribution in [1.29, 1.82) is 0 Å². The topological polar surface area (TPSA) is 64.9 Å². The maximum atomic E-state index is 14.0. The van der Waals surface area contributed by atoms with E-state index in [-0.39, 0.29) is 12.5 Å². The third-order valence-electron chi connectivity index (χ3n) is 9.04. The summed E-state index contributed by atoms with van der Waals surface area (Å²) in [5, 5.41) is 13.3. The van der Waals surface area contributed by atoms with Crippen LogP contribution in [0.15, 0.2) is 101 Å². The van der Waals surface area contributed by atoms with Gasteiger partial charge in [-0.3, -0.25) is 4.79 Å².